The van der Waals surface area contributed by atoms with Crippen molar-refractivity contribution in [2.45, 2.75) is 20.3 Å². The highest BCUT2D eigenvalue weighted by Crippen LogP contribution is 2.27. The molecule has 1 heterocycles. The van der Waals surface area contributed by atoms with Gasteiger partial charge in [0.25, 0.3) is 0 Å². The summed E-state index contributed by atoms with van der Waals surface area (Å²) in [5.74, 6) is -0.0926. The molecule has 0 aliphatic carbocycles. The van der Waals surface area contributed by atoms with Crippen molar-refractivity contribution in [2.24, 2.45) is 0 Å². The number of furan rings is 1. The second-order valence-electron chi connectivity index (χ2n) is 5.45. The van der Waals surface area contributed by atoms with E-state index in [0.717, 1.165) is 27.7 Å². The van der Waals surface area contributed by atoms with Crippen molar-refractivity contribution >= 4 is 34.2 Å². The smallest absolute Gasteiger partial charge is 0.228 e. The summed E-state index contributed by atoms with van der Waals surface area (Å²) in [5, 5.41) is 4.47. The van der Waals surface area contributed by atoms with Crippen LogP contribution in [0.25, 0.3) is 11.0 Å². The number of carbonyl (C=O) groups excluding carboxylic acids is 1. The molecule has 3 rings (SSSR count). The highest BCUT2D eigenvalue weighted by molar-refractivity contribution is 6.30. The zero-order chi connectivity index (χ0) is 15.7. The first kappa shape index (κ1) is 14.7. The number of hydrogen-bond donors (Lipinski definition) is 1. The molecule has 0 fully saturated rings. The van der Waals surface area contributed by atoms with Crippen LogP contribution in [0.5, 0.6) is 0 Å². The molecule has 0 atom stereocenters. The molecule has 0 saturated carbocycles. The van der Waals surface area contributed by atoms with Gasteiger partial charge in [-0.05, 0) is 49.2 Å². The fraction of sp³-hybridized carbons (Fsp3) is 0.167. The molecule has 1 aromatic heterocycles. The molecule has 4 heteroatoms. The van der Waals surface area contributed by atoms with Gasteiger partial charge in [-0.1, -0.05) is 23.7 Å². The van der Waals surface area contributed by atoms with Gasteiger partial charge < -0.3 is 9.73 Å². The van der Waals surface area contributed by atoms with Gasteiger partial charge in [0.05, 0.1) is 12.7 Å². The van der Waals surface area contributed by atoms with Crippen molar-refractivity contribution in [3.8, 4) is 0 Å². The van der Waals surface area contributed by atoms with E-state index in [1.807, 2.05) is 26.0 Å². The number of aryl methyl sites for hydroxylation is 2. The average molecular weight is 314 g/mol. The maximum atomic E-state index is 12.2. The van der Waals surface area contributed by atoms with E-state index >= 15 is 0 Å². The molecule has 0 saturated heterocycles. The van der Waals surface area contributed by atoms with Crippen molar-refractivity contribution in [1.82, 2.24) is 0 Å². The number of nitrogens with one attached hydrogen (secondary N) is 1. The van der Waals surface area contributed by atoms with E-state index in [4.69, 9.17) is 16.0 Å². The summed E-state index contributed by atoms with van der Waals surface area (Å²) in [6, 6.07) is 11.2. The van der Waals surface area contributed by atoms with Crippen LogP contribution in [0.15, 0.2) is 47.1 Å². The largest absolute Gasteiger partial charge is 0.464 e. The van der Waals surface area contributed by atoms with Crippen molar-refractivity contribution in [1.29, 1.82) is 0 Å². The minimum Gasteiger partial charge on any atom is -0.464 e. The normalized spacial score (nSPS) is 10.9. The molecule has 0 bridgehead atoms. The Morgan fingerprint density at radius 2 is 2.05 bits per heavy atom. The molecule has 2 aromatic carbocycles. The van der Waals surface area contributed by atoms with E-state index in [1.165, 1.54) is 0 Å². The Balaban J connectivity index is 1.83. The Hall–Kier alpha value is -2.26. The summed E-state index contributed by atoms with van der Waals surface area (Å²) >= 11 is 5.92. The van der Waals surface area contributed by atoms with Gasteiger partial charge in [-0.3, -0.25) is 4.79 Å². The quantitative estimate of drug-likeness (QED) is 0.748. The summed E-state index contributed by atoms with van der Waals surface area (Å²) < 4.78 is 5.58. The van der Waals surface area contributed by atoms with Crippen LogP contribution in [0.1, 0.15) is 16.7 Å². The van der Waals surface area contributed by atoms with E-state index < -0.39 is 0 Å². The highest BCUT2D eigenvalue weighted by Gasteiger charge is 2.13. The van der Waals surface area contributed by atoms with Crippen LogP contribution < -0.4 is 5.32 Å². The summed E-state index contributed by atoms with van der Waals surface area (Å²) in [4.78, 5) is 12.2. The number of fused-ring (bicyclic) bond motifs is 1. The van der Waals surface area contributed by atoms with Crippen LogP contribution in [-0.4, -0.2) is 5.91 Å². The van der Waals surface area contributed by atoms with Gasteiger partial charge in [-0.15, -0.1) is 0 Å². The Morgan fingerprint density at radius 3 is 2.82 bits per heavy atom. The fourth-order valence-electron chi connectivity index (χ4n) is 2.70. The molecule has 0 aliphatic rings. The molecular formula is C18H16ClNO2. The molecular weight excluding hydrogens is 298 g/mol. The monoisotopic (exact) mass is 313 g/mol. The Kier molecular flexibility index (Phi) is 3.90. The van der Waals surface area contributed by atoms with Gasteiger partial charge >= 0.3 is 0 Å². The van der Waals surface area contributed by atoms with Crippen LogP contribution in [0, 0.1) is 13.8 Å². The average Bonchev–Trinajstić information content (AvgIpc) is 2.81. The van der Waals surface area contributed by atoms with Crippen LogP contribution in [-0.2, 0) is 11.2 Å². The number of hydrogen-bond acceptors (Lipinski definition) is 2. The van der Waals surface area contributed by atoms with Gasteiger partial charge in [0.1, 0.15) is 5.58 Å². The lowest BCUT2D eigenvalue weighted by Crippen LogP contribution is -2.14. The van der Waals surface area contributed by atoms with E-state index in [0.29, 0.717) is 10.7 Å². The van der Waals surface area contributed by atoms with Crippen LogP contribution in [0.3, 0.4) is 0 Å². The molecule has 0 aliphatic heterocycles. The topological polar surface area (TPSA) is 42.2 Å². The lowest BCUT2D eigenvalue weighted by atomic mass is 10.0. The molecule has 3 aromatic rings. The lowest BCUT2D eigenvalue weighted by Gasteiger charge is -2.05. The number of halogens is 1. The first-order valence-electron chi connectivity index (χ1n) is 7.05. The first-order chi connectivity index (χ1) is 10.5. The number of carbonyl (C=O) groups is 1. The molecule has 0 unspecified atom stereocenters. The minimum atomic E-state index is -0.0926. The minimum absolute atomic E-state index is 0.0926. The van der Waals surface area contributed by atoms with Gasteiger partial charge in [0.2, 0.25) is 5.91 Å². The van der Waals surface area contributed by atoms with E-state index in [9.17, 15) is 4.79 Å². The molecule has 112 valence electrons. The first-order valence-corrected chi connectivity index (χ1v) is 7.43. The number of anilines is 1. The van der Waals surface area contributed by atoms with Crippen LogP contribution in [0.2, 0.25) is 5.02 Å². The highest BCUT2D eigenvalue weighted by atomic mass is 35.5. The lowest BCUT2D eigenvalue weighted by molar-refractivity contribution is -0.115. The maximum Gasteiger partial charge on any atom is 0.228 e. The Morgan fingerprint density at radius 1 is 1.23 bits per heavy atom. The Bertz CT molecular complexity index is 851. The van der Waals surface area contributed by atoms with Gasteiger partial charge in [-0.2, -0.15) is 0 Å². The van der Waals surface area contributed by atoms with Crippen molar-refractivity contribution < 1.29 is 9.21 Å². The third kappa shape index (κ3) is 3.00. The second kappa shape index (κ2) is 5.85. The number of rotatable bonds is 3. The second-order valence-corrected chi connectivity index (χ2v) is 5.89. The van der Waals surface area contributed by atoms with Crippen LogP contribution >= 0.6 is 11.6 Å². The summed E-state index contributed by atoms with van der Waals surface area (Å²) in [6.07, 6.45) is 1.93. The summed E-state index contributed by atoms with van der Waals surface area (Å²) in [5.41, 5.74) is 4.68. The number of benzene rings is 2. The predicted octanol–water partition coefficient (Wildman–Crippen LogP) is 4.88. The summed E-state index contributed by atoms with van der Waals surface area (Å²) in [6.45, 7) is 4.06. The molecule has 3 nitrogen and oxygen atoms in total. The van der Waals surface area contributed by atoms with Gasteiger partial charge in [-0.25, -0.2) is 0 Å². The molecule has 1 amide bonds. The van der Waals surface area contributed by atoms with Gasteiger partial charge in [0.15, 0.2) is 0 Å². The standard InChI is InChI=1S/C18H16ClNO2/c1-11-6-12(2)18-13(10-22-16(18)7-11)8-17(21)20-15-5-3-4-14(19)9-15/h3-7,9-10H,8H2,1-2H3,(H,20,21). The molecule has 22 heavy (non-hydrogen) atoms. The maximum absolute atomic E-state index is 12.2. The van der Waals surface area contributed by atoms with E-state index in [1.54, 1.807) is 24.5 Å². The zero-order valence-corrected chi connectivity index (χ0v) is 13.2. The van der Waals surface area contributed by atoms with Crippen molar-refractivity contribution in [3.05, 3.63) is 64.4 Å². The molecule has 1 N–H and O–H groups in total. The number of amides is 1. The van der Waals surface area contributed by atoms with Crippen LogP contribution in [0.4, 0.5) is 5.69 Å². The Labute approximate surface area is 133 Å². The van der Waals surface area contributed by atoms with E-state index in [2.05, 4.69) is 11.4 Å². The fourth-order valence-corrected chi connectivity index (χ4v) is 2.89. The van der Waals surface area contributed by atoms with Gasteiger partial charge in [0, 0.05) is 21.7 Å². The molecule has 0 spiro atoms. The SMILES string of the molecule is Cc1cc(C)c2c(CC(=O)Nc3cccc(Cl)c3)coc2c1. The van der Waals surface area contributed by atoms with E-state index in [-0.39, 0.29) is 12.3 Å². The molecule has 0 radical (unpaired) electrons. The predicted molar refractivity (Wildman–Crippen MR) is 89.5 cm³/mol. The third-order valence-corrected chi connectivity index (χ3v) is 3.79. The summed E-state index contributed by atoms with van der Waals surface area (Å²) in [7, 11) is 0. The van der Waals surface area contributed by atoms with Crippen molar-refractivity contribution in [2.75, 3.05) is 5.32 Å². The van der Waals surface area contributed by atoms with Crippen molar-refractivity contribution in [3.63, 3.8) is 0 Å². The third-order valence-electron chi connectivity index (χ3n) is 3.55. The zero-order valence-electron chi connectivity index (χ0n) is 12.4.